The van der Waals surface area contributed by atoms with Crippen LogP contribution in [-0.2, 0) is 9.53 Å². The number of esters is 1. The number of rotatable bonds is 4. The van der Waals surface area contributed by atoms with Gasteiger partial charge in [0.2, 0.25) is 0 Å². The molecule has 4 nitrogen and oxygen atoms in total. The van der Waals surface area contributed by atoms with E-state index in [1.807, 2.05) is 72.1 Å². The molecule has 5 aromatic rings. The minimum atomic E-state index is -0.266. The fourth-order valence-electron chi connectivity index (χ4n) is 4.26. The molecule has 0 bridgehead atoms. The largest absolute Gasteiger partial charge is 0.508 e. The van der Waals surface area contributed by atoms with Crippen LogP contribution >= 0.6 is 11.3 Å². The number of benzene rings is 4. The first-order chi connectivity index (χ1) is 16.5. The van der Waals surface area contributed by atoms with Crippen LogP contribution in [0.5, 0.6) is 11.5 Å². The van der Waals surface area contributed by atoms with Crippen molar-refractivity contribution in [2.75, 3.05) is 6.61 Å². The third-order valence-electron chi connectivity index (χ3n) is 5.65. The van der Waals surface area contributed by atoms with Crippen molar-refractivity contribution in [1.82, 2.24) is 0 Å². The Bertz CT molecular complexity index is 1340. The van der Waals surface area contributed by atoms with Crippen LogP contribution in [0.15, 0.2) is 90.3 Å². The molecule has 0 saturated carbocycles. The summed E-state index contributed by atoms with van der Waals surface area (Å²) in [5, 5.41) is 28.0. The molecule has 0 aliphatic heterocycles. The summed E-state index contributed by atoms with van der Waals surface area (Å²) in [5.41, 5.74) is 1.65. The molecule has 0 saturated heterocycles. The molecule has 172 valence electrons. The van der Waals surface area contributed by atoms with E-state index in [0.717, 1.165) is 37.5 Å². The third-order valence-corrected chi connectivity index (χ3v) is 6.59. The average Bonchev–Trinajstić information content (AvgIpc) is 3.37. The monoisotopic (exact) mass is 470 g/mol. The van der Waals surface area contributed by atoms with E-state index in [-0.39, 0.29) is 23.4 Å². The zero-order chi connectivity index (χ0) is 24.1. The van der Waals surface area contributed by atoms with E-state index in [4.69, 9.17) is 0 Å². The van der Waals surface area contributed by atoms with Gasteiger partial charge in [-0.15, -0.1) is 11.3 Å². The van der Waals surface area contributed by atoms with Gasteiger partial charge in [0.25, 0.3) is 0 Å². The van der Waals surface area contributed by atoms with Crippen molar-refractivity contribution in [3.8, 4) is 11.5 Å². The number of carbonyl (C=O) groups is 1. The first-order valence-electron chi connectivity index (χ1n) is 11.1. The van der Waals surface area contributed by atoms with Gasteiger partial charge in [0.15, 0.2) is 0 Å². The fourth-order valence-corrected chi connectivity index (χ4v) is 5.11. The maximum atomic E-state index is 10.9. The third kappa shape index (κ3) is 4.75. The molecule has 1 heterocycles. The molecule has 2 N–H and O–H groups in total. The lowest BCUT2D eigenvalue weighted by Crippen LogP contribution is -2.04. The lowest BCUT2D eigenvalue weighted by Gasteiger charge is -2.23. The van der Waals surface area contributed by atoms with Gasteiger partial charge in [0, 0.05) is 22.9 Å². The van der Waals surface area contributed by atoms with Gasteiger partial charge in [0.05, 0.1) is 12.5 Å². The molecule has 0 unspecified atom stereocenters. The topological polar surface area (TPSA) is 66.8 Å². The molecule has 0 amide bonds. The minimum Gasteiger partial charge on any atom is -0.508 e. The second-order valence-electron chi connectivity index (χ2n) is 7.81. The molecule has 0 aliphatic rings. The molecule has 0 atom stereocenters. The summed E-state index contributed by atoms with van der Waals surface area (Å²) >= 11 is 1.63. The van der Waals surface area contributed by atoms with Crippen molar-refractivity contribution < 1.29 is 19.7 Å². The predicted molar refractivity (Wildman–Crippen MR) is 139 cm³/mol. The maximum Gasteiger partial charge on any atom is 0.302 e. The van der Waals surface area contributed by atoms with E-state index in [9.17, 15) is 15.0 Å². The molecule has 5 heteroatoms. The predicted octanol–water partition coefficient (Wildman–Crippen LogP) is 7.22. The Morgan fingerprint density at radius 1 is 0.794 bits per heavy atom. The van der Waals surface area contributed by atoms with E-state index in [1.165, 1.54) is 6.92 Å². The van der Waals surface area contributed by atoms with Crippen molar-refractivity contribution in [2.24, 2.45) is 0 Å². The summed E-state index contributed by atoms with van der Waals surface area (Å²) in [6.45, 7) is 3.65. The summed E-state index contributed by atoms with van der Waals surface area (Å²) < 4.78 is 4.40. The Kier molecular flexibility index (Phi) is 7.14. The normalized spacial score (nSPS) is 10.8. The van der Waals surface area contributed by atoms with Crippen molar-refractivity contribution in [1.29, 1.82) is 0 Å². The Hall–Kier alpha value is -3.83. The van der Waals surface area contributed by atoms with Gasteiger partial charge in [-0.3, -0.25) is 4.79 Å². The second-order valence-corrected chi connectivity index (χ2v) is 8.79. The van der Waals surface area contributed by atoms with Crippen molar-refractivity contribution in [2.45, 2.75) is 19.8 Å². The number of aromatic hydroxyl groups is 2. The van der Waals surface area contributed by atoms with Gasteiger partial charge in [0.1, 0.15) is 11.5 Å². The van der Waals surface area contributed by atoms with Crippen LogP contribution in [0.3, 0.4) is 0 Å². The lowest BCUT2D eigenvalue weighted by atomic mass is 9.83. The smallest absolute Gasteiger partial charge is 0.302 e. The lowest BCUT2D eigenvalue weighted by molar-refractivity contribution is -0.140. The molecule has 4 aromatic carbocycles. The number of phenols is 2. The van der Waals surface area contributed by atoms with Gasteiger partial charge >= 0.3 is 5.97 Å². The number of hydrogen-bond donors (Lipinski definition) is 2. The molecule has 0 spiro atoms. The zero-order valence-electron chi connectivity index (χ0n) is 19.1. The van der Waals surface area contributed by atoms with Crippen molar-refractivity contribution in [3.05, 3.63) is 106 Å². The summed E-state index contributed by atoms with van der Waals surface area (Å²) in [6.07, 6.45) is 0. The van der Waals surface area contributed by atoms with Gasteiger partial charge in [-0.1, -0.05) is 66.7 Å². The van der Waals surface area contributed by atoms with Gasteiger partial charge in [-0.2, -0.15) is 0 Å². The van der Waals surface area contributed by atoms with E-state index < -0.39 is 0 Å². The van der Waals surface area contributed by atoms with Crippen LogP contribution in [0.25, 0.3) is 21.5 Å². The Labute approximate surface area is 202 Å². The highest BCUT2D eigenvalue weighted by molar-refractivity contribution is 7.10. The summed E-state index contributed by atoms with van der Waals surface area (Å²) in [6, 6.07) is 27.6. The SMILES string of the molecule is CCOC(C)=O.Oc1ccc2ccccc2c1C(c1cccs1)c1c(O)ccc2ccccc12. The van der Waals surface area contributed by atoms with Crippen molar-refractivity contribution in [3.63, 3.8) is 0 Å². The summed E-state index contributed by atoms with van der Waals surface area (Å²) in [5.74, 6) is 0.00330. The standard InChI is InChI=1S/C25H18O2S.C4H8O2/c26-20-13-11-16-6-1-3-8-18(16)23(20)25(22-10-5-15-28-22)24-19-9-4-2-7-17(19)12-14-21(24)27;1-3-6-4(2)5/h1-15,25-27H;3H2,1-2H3. The number of carbonyl (C=O) groups excluding carboxylic acids is 1. The minimum absolute atomic E-state index is 0.211. The fraction of sp³-hybridized carbons (Fsp3) is 0.138. The van der Waals surface area contributed by atoms with Gasteiger partial charge < -0.3 is 14.9 Å². The highest BCUT2D eigenvalue weighted by Crippen LogP contribution is 2.47. The Morgan fingerprint density at radius 2 is 1.32 bits per heavy atom. The summed E-state index contributed by atoms with van der Waals surface area (Å²) in [4.78, 5) is 10.9. The zero-order valence-corrected chi connectivity index (χ0v) is 19.9. The molecule has 0 fully saturated rings. The van der Waals surface area contributed by atoms with E-state index in [0.29, 0.717) is 6.61 Å². The summed E-state index contributed by atoms with van der Waals surface area (Å²) in [7, 11) is 0. The molecular weight excluding hydrogens is 444 g/mol. The number of thiophene rings is 1. The van der Waals surface area contributed by atoms with Crippen LogP contribution in [-0.4, -0.2) is 22.8 Å². The molecule has 1 aromatic heterocycles. The molecular formula is C29H26O4S. The average molecular weight is 471 g/mol. The van der Waals surface area contributed by atoms with Gasteiger partial charge in [-0.25, -0.2) is 0 Å². The first kappa shape index (κ1) is 23.3. The molecule has 0 aliphatic carbocycles. The number of fused-ring (bicyclic) bond motifs is 2. The van der Waals surface area contributed by atoms with Crippen LogP contribution in [0.2, 0.25) is 0 Å². The maximum absolute atomic E-state index is 10.9. The molecule has 5 rings (SSSR count). The Morgan fingerprint density at radius 3 is 1.74 bits per heavy atom. The Balaban J connectivity index is 0.000000408. The first-order valence-corrected chi connectivity index (χ1v) is 12.0. The number of hydrogen-bond acceptors (Lipinski definition) is 5. The number of ether oxygens (including phenoxy) is 1. The highest BCUT2D eigenvalue weighted by Gasteiger charge is 2.27. The van der Waals surface area contributed by atoms with Crippen LogP contribution < -0.4 is 0 Å². The van der Waals surface area contributed by atoms with Gasteiger partial charge in [-0.05, 0) is 52.0 Å². The van der Waals surface area contributed by atoms with Crippen LogP contribution in [0.4, 0.5) is 0 Å². The quantitative estimate of drug-likeness (QED) is 0.272. The van der Waals surface area contributed by atoms with E-state index in [1.54, 1.807) is 30.4 Å². The highest BCUT2D eigenvalue weighted by atomic mass is 32.1. The van der Waals surface area contributed by atoms with Crippen molar-refractivity contribution >= 4 is 38.9 Å². The van der Waals surface area contributed by atoms with E-state index in [2.05, 4.69) is 10.8 Å². The van der Waals surface area contributed by atoms with Crippen LogP contribution in [0.1, 0.15) is 35.8 Å². The number of phenolic OH excluding ortho intramolecular Hbond substituents is 2. The van der Waals surface area contributed by atoms with E-state index >= 15 is 0 Å². The second kappa shape index (κ2) is 10.4. The van der Waals surface area contributed by atoms with Crippen LogP contribution in [0, 0.1) is 0 Å². The molecule has 34 heavy (non-hydrogen) atoms. The molecule has 0 radical (unpaired) electrons.